The molecule has 1 aromatic carbocycles. The lowest BCUT2D eigenvalue weighted by Gasteiger charge is -2.14. The molecule has 1 aromatic rings. The quantitative estimate of drug-likeness (QED) is 0.792. The van der Waals surface area contributed by atoms with E-state index in [2.05, 4.69) is 17.9 Å². The second-order valence-corrected chi connectivity index (χ2v) is 3.80. The van der Waals surface area contributed by atoms with Gasteiger partial charge in [0.1, 0.15) is 5.25 Å². The van der Waals surface area contributed by atoms with Crippen molar-refractivity contribution in [3.05, 3.63) is 30.3 Å². The fourth-order valence-corrected chi connectivity index (χ4v) is 1.19. The van der Waals surface area contributed by atoms with E-state index < -0.39 is 23.8 Å². The third-order valence-corrected chi connectivity index (χ3v) is 2.29. The topological polar surface area (TPSA) is 29.1 Å². The zero-order valence-corrected chi connectivity index (χ0v) is 9.05. The molecule has 0 aliphatic rings. The van der Waals surface area contributed by atoms with Gasteiger partial charge in [-0.2, -0.15) is 25.8 Å². The minimum absolute atomic E-state index is 0.468. The van der Waals surface area contributed by atoms with Crippen LogP contribution in [0, 0.1) is 0 Å². The first-order chi connectivity index (χ1) is 7.39. The number of nitrogens with one attached hydrogen (secondary N) is 1. The van der Waals surface area contributed by atoms with Crippen LogP contribution in [0.25, 0.3) is 0 Å². The molecule has 1 N–H and O–H groups in total. The number of para-hydroxylation sites is 1. The van der Waals surface area contributed by atoms with Gasteiger partial charge in [0.2, 0.25) is 5.91 Å². The first kappa shape index (κ1) is 12.9. The van der Waals surface area contributed by atoms with Crippen LogP contribution < -0.4 is 5.32 Å². The standard InChI is InChI=1S/C10H10F3NOS/c11-10(12,13)8(16)6-9(15)14-7-4-2-1-3-5-7/h1-5,8,16H,6H2,(H,14,15). The van der Waals surface area contributed by atoms with Crippen molar-refractivity contribution < 1.29 is 18.0 Å². The van der Waals surface area contributed by atoms with Crippen molar-refractivity contribution >= 4 is 24.2 Å². The third-order valence-electron chi connectivity index (χ3n) is 1.81. The van der Waals surface area contributed by atoms with E-state index in [1.807, 2.05) is 0 Å². The Labute approximate surface area is 96.3 Å². The molecule has 0 bridgehead atoms. The van der Waals surface area contributed by atoms with Crippen molar-refractivity contribution in [3.63, 3.8) is 0 Å². The zero-order valence-electron chi connectivity index (χ0n) is 8.16. The maximum absolute atomic E-state index is 12.1. The number of hydrogen-bond donors (Lipinski definition) is 2. The number of alkyl halides is 3. The van der Waals surface area contributed by atoms with Gasteiger partial charge in [-0.1, -0.05) is 18.2 Å². The number of anilines is 1. The SMILES string of the molecule is O=C(CC(S)C(F)(F)F)Nc1ccccc1. The smallest absolute Gasteiger partial charge is 0.326 e. The van der Waals surface area contributed by atoms with Crippen LogP contribution in [0.15, 0.2) is 30.3 Å². The number of hydrogen-bond acceptors (Lipinski definition) is 2. The van der Waals surface area contributed by atoms with Crippen molar-refractivity contribution in [3.8, 4) is 0 Å². The van der Waals surface area contributed by atoms with E-state index in [9.17, 15) is 18.0 Å². The Kier molecular flexibility index (Phi) is 4.23. The summed E-state index contributed by atoms with van der Waals surface area (Å²) in [5, 5.41) is 0.423. The number of benzene rings is 1. The minimum Gasteiger partial charge on any atom is -0.326 e. The molecule has 6 heteroatoms. The molecule has 0 fully saturated rings. The maximum atomic E-state index is 12.1. The fourth-order valence-electron chi connectivity index (χ4n) is 1.02. The molecule has 0 saturated heterocycles. The molecule has 0 aliphatic heterocycles. The summed E-state index contributed by atoms with van der Waals surface area (Å²) < 4.78 is 36.3. The molecule has 0 aromatic heterocycles. The van der Waals surface area contributed by atoms with Crippen LogP contribution in [0.2, 0.25) is 0 Å². The Balaban J connectivity index is 2.49. The van der Waals surface area contributed by atoms with Gasteiger partial charge in [0.15, 0.2) is 0 Å². The van der Waals surface area contributed by atoms with Crippen molar-refractivity contribution in [2.75, 3.05) is 5.32 Å². The maximum Gasteiger partial charge on any atom is 0.400 e. The van der Waals surface area contributed by atoms with Crippen LogP contribution >= 0.6 is 12.6 Å². The summed E-state index contributed by atoms with van der Waals surface area (Å²) in [5.74, 6) is -0.705. The third kappa shape index (κ3) is 4.14. The van der Waals surface area contributed by atoms with Crippen LogP contribution in [0.4, 0.5) is 18.9 Å². The van der Waals surface area contributed by atoms with E-state index >= 15 is 0 Å². The second kappa shape index (κ2) is 5.25. The summed E-state index contributed by atoms with van der Waals surface area (Å²) in [4.78, 5) is 11.2. The van der Waals surface area contributed by atoms with Gasteiger partial charge in [-0.05, 0) is 12.1 Å². The summed E-state index contributed by atoms with van der Waals surface area (Å²) >= 11 is 3.33. The highest BCUT2D eigenvalue weighted by atomic mass is 32.1. The Morgan fingerprint density at radius 3 is 2.38 bits per heavy atom. The van der Waals surface area contributed by atoms with E-state index in [0.29, 0.717) is 5.69 Å². The van der Waals surface area contributed by atoms with Crippen molar-refractivity contribution in [1.29, 1.82) is 0 Å². The molecule has 1 rings (SSSR count). The van der Waals surface area contributed by atoms with E-state index in [1.54, 1.807) is 30.3 Å². The van der Waals surface area contributed by atoms with Gasteiger partial charge < -0.3 is 5.32 Å². The summed E-state index contributed by atoms with van der Waals surface area (Å²) in [7, 11) is 0. The Bertz CT molecular complexity index is 353. The summed E-state index contributed by atoms with van der Waals surface area (Å²) in [6.07, 6.45) is -5.15. The normalized spacial score (nSPS) is 13.2. The highest BCUT2D eigenvalue weighted by Gasteiger charge is 2.38. The predicted molar refractivity (Wildman–Crippen MR) is 58.5 cm³/mol. The monoisotopic (exact) mass is 249 g/mol. The molecule has 0 saturated carbocycles. The molecule has 1 atom stereocenters. The fraction of sp³-hybridized carbons (Fsp3) is 0.300. The van der Waals surface area contributed by atoms with Crippen molar-refractivity contribution in [2.24, 2.45) is 0 Å². The van der Waals surface area contributed by atoms with Crippen molar-refractivity contribution in [2.45, 2.75) is 17.8 Å². The lowest BCUT2D eigenvalue weighted by Crippen LogP contribution is -2.28. The van der Waals surface area contributed by atoms with Crippen molar-refractivity contribution in [1.82, 2.24) is 0 Å². The molecule has 0 heterocycles. The average molecular weight is 249 g/mol. The highest BCUT2D eigenvalue weighted by molar-refractivity contribution is 7.81. The number of carbonyl (C=O) groups is 1. The zero-order chi connectivity index (χ0) is 12.2. The highest BCUT2D eigenvalue weighted by Crippen LogP contribution is 2.27. The van der Waals surface area contributed by atoms with Gasteiger partial charge in [-0.25, -0.2) is 0 Å². The molecule has 0 radical (unpaired) electrons. The lowest BCUT2D eigenvalue weighted by molar-refractivity contribution is -0.137. The molecule has 2 nitrogen and oxygen atoms in total. The Hall–Kier alpha value is -1.17. The molecule has 0 spiro atoms. The Morgan fingerprint density at radius 1 is 1.31 bits per heavy atom. The van der Waals surface area contributed by atoms with Gasteiger partial charge in [-0.15, -0.1) is 0 Å². The van der Waals surface area contributed by atoms with E-state index in [1.165, 1.54) is 0 Å². The molecule has 1 unspecified atom stereocenters. The first-order valence-electron chi connectivity index (χ1n) is 4.49. The molecule has 88 valence electrons. The van der Waals surface area contributed by atoms with Gasteiger partial charge in [0.25, 0.3) is 0 Å². The summed E-state index contributed by atoms with van der Waals surface area (Å²) in [6.45, 7) is 0. The largest absolute Gasteiger partial charge is 0.400 e. The average Bonchev–Trinajstić information content (AvgIpc) is 2.17. The number of halogens is 3. The van der Waals surface area contributed by atoms with E-state index in [-0.39, 0.29) is 0 Å². The van der Waals surface area contributed by atoms with E-state index in [4.69, 9.17) is 0 Å². The van der Waals surface area contributed by atoms with E-state index in [0.717, 1.165) is 0 Å². The van der Waals surface area contributed by atoms with Crippen LogP contribution in [0.1, 0.15) is 6.42 Å². The van der Waals surface area contributed by atoms with Crippen LogP contribution in [0.5, 0.6) is 0 Å². The first-order valence-corrected chi connectivity index (χ1v) is 5.01. The molecule has 1 amide bonds. The van der Waals surface area contributed by atoms with Crippen LogP contribution in [-0.2, 0) is 4.79 Å². The van der Waals surface area contributed by atoms with Gasteiger partial charge >= 0.3 is 6.18 Å². The minimum atomic E-state index is -4.46. The molecular formula is C10H10F3NOS. The molecular weight excluding hydrogens is 239 g/mol. The lowest BCUT2D eigenvalue weighted by atomic mass is 10.2. The number of amides is 1. The number of carbonyl (C=O) groups excluding carboxylic acids is 1. The van der Waals surface area contributed by atoms with Gasteiger partial charge in [-0.3, -0.25) is 4.79 Å². The van der Waals surface area contributed by atoms with Crippen LogP contribution in [-0.4, -0.2) is 17.3 Å². The van der Waals surface area contributed by atoms with Crippen LogP contribution in [0.3, 0.4) is 0 Å². The molecule has 16 heavy (non-hydrogen) atoms. The van der Waals surface area contributed by atoms with Gasteiger partial charge in [0.05, 0.1) is 0 Å². The summed E-state index contributed by atoms with van der Waals surface area (Å²) in [5.41, 5.74) is 0.468. The predicted octanol–water partition coefficient (Wildman–Crippen LogP) is 2.88. The molecule has 0 aliphatic carbocycles. The Morgan fingerprint density at radius 2 is 1.88 bits per heavy atom. The number of thiol groups is 1. The number of rotatable bonds is 3. The second-order valence-electron chi connectivity index (χ2n) is 3.18. The van der Waals surface area contributed by atoms with Gasteiger partial charge in [0, 0.05) is 12.1 Å². The summed E-state index contributed by atoms with van der Waals surface area (Å²) in [6, 6.07) is 8.29.